The topological polar surface area (TPSA) is 37.4 Å². The molecule has 1 heterocycles. The van der Waals surface area contributed by atoms with Crippen LogP contribution in [-0.4, -0.2) is 38.2 Å². The van der Waals surface area contributed by atoms with Gasteiger partial charge in [0.1, 0.15) is 0 Å². The average molecular weight is 356 g/mol. The Balaban J connectivity index is 1.56. The summed E-state index contributed by atoms with van der Waals surface area (Å²) in [6.07, 6.45) is 4.92. The summed E-state index contributed by atoms with van der Waals surface area (Å²) < 4.78 is 23.9. The van der Waals surface area contributed by atoms with E-state index in [0.29, 0.717) is 4.90 Å². The van der Waals surface area contributed by atoms with Gasteiger partial charge in [-0.2, -0.15) is 0 Å². The molecule has 2 aliphatic rings. The van der Waals surface area contributed by atoms with E-state index in [0.717, 1.165) is 18.0 Å². The van der Waals surface area contributed by atoms with Crippen LogP contribution in [0.5, 0.6) is 0 Å². The third-order valence-electron chi connectivity index (χ3n) is 5.74. The number of nitrogens with zero attached hydrogens (tertiary/aromatic N) is 1. The summed E-state index contributed by atoms with van der Waals surface area (Å²) in [6.45, 7) is 4.22. The number of benzene rings is 2. The molecule has 0 radical (unpaired) electrons. The summed E-state index contributed by atoms with van der Waals surface area (Å²) in [4.78, 5) is 3.03. The first kappa shape index (κ1) is 16.8. The lowest BCUT2D eigenvalue weighted by Gasteiger charge is -2.41. The van der Waals surface area contributed by atoms with Gasteiger partial charge in [0.05, 0.1) is 10.6 Å². The van der Waals surface area contributed by atoms with Crippen molar-refractivity contribution in [3.63, 3.8) is 0 Å². The van der Waals surface area contributed by atoms with Crippen molar-refractivity contribution in [1.29, 1.82) is 0 Å². The Morgan fingerprint density at radius 3 is 2.36 bits per heavy atom. The molecule has 132 valence electrons. The first-order valence-corrected chi connectivity index (χ1v) is 10.9. The Morgan fingerprint density at radius 1 is 1.00 bits per heavy atom. The third-order valence-corrected chi connectivity index (χ3v) is 7.49. The van der Waals surface area contributed by atoms with Gasteiger partial charge in [-0.15, -0.1) is 0 Å². The van der Waals surface area contributed by atoms with Gasteiger partial charge < -0.3 is 0 Å². The number of aryl methyl sites for hydroxylation is 1. The minimum atomic E-state index is -3.13. The van der Waals surface area contributed by atoms with Gasteiger partial charge in [0.2, 0.25) is 0 Å². The van der Waals surface area contributed by atoms with Gasteiger partial charge in [-0.05, 0) is 73.2 Å². The fourth-order valence-electron chi connectivity index (χ4n) is 3.95. The standard InChI is InChI=1S/C21H25NO2S/c1-2-25(23,24)21-10-7-16(8-11-21)17-4-5-19-15-20(22-12-3-13-22)9-6-18(19)14-17/h4-5,7-8,10-11,14,20H,2-3,6,9,12-13,15H2,1H3. The zero-order chi connectivity index (χ0) is 17.4. The van der Waals surface area contributed by atoms with Crippen LogP contribution in [0.4, 0.5) is 0 Å². The van der Waals surface area contributed by atoms with E-state index in [1.54, 1.807) is 19.1 Å². The molecule has 2 aromatic carbocycles. The molecule has 3 nitrogen and oxygen atoms in total. The number of hydrogen-bond acceptors (Lipinski definition) is 3. The second kappa shape index (κ2) is 6.58. The number of sulfone groups is 1. The van der Waals surface area contributed by atoms with Gasteiger partial charge in [0.25, 0.3) is 0 Å². The quantitative estimate of drug-likeness (QED) is 0.839. The Labute approximate surface area is 150 Å². The molecule has 0 aromatic heterocycles. The maximum atomic E-state index is 12.0. The van der Waals surface area contributed by atoms with E-state index in [1.165, 1.54) is 49.0 Å². The van der Waals surface area contributed by atoms with Gasteiger partial charge >= 0.3 is 0 Å². The number of likely N-dealkylation sites (tertiary alicyclic amines) is 1. The lowest BCUT2D eigenvalue weighted by Crippen LogP contribution is -2.47. The SMILES string of the molecule is CCS(=O)(=O)c1ccc(-c2ccc3c(c2)CCC(N2CCC2)C3)cc1. The lowest BCUT2D eigenvalue weighted by atomic mass is 9.85. The molecule has 0 saturated carbocycles. The Kier molecular flexibility index (Phi) is 4.42. The van der Waals surface area contributed by atoms with Crippen LogP contribution in [0.3, 0.4) is 0 Å². The Hall–Kier alpha value is -1.65. The summed E-state index contributed by atoms with van der Waals surface area (Å²) in [7, 11) is -3.13. The van der Waals surface area contributed by atoms with Gasteiger partial charge in [0, 0.05) is 6.04 Å². The summed E-state index contributed by atoms with van der Waals surface area (Å²) in [5.74, 6) is 0.142. The van der Waals surface area contributed by atoms with Gasteiger partial charge in [-0.3, -0.25) is 4.90 Å². The van der Waals surface area contributed by atoms with Crippen molar-refractivity contribution in [3.8, 4) is 11.1 Å². The Bertz CT molecular complexity index is 867. The van der Waals surface area contributed by atoms with Crippen molar-refractivity contribution in [3.05, 3.63) is 53.6 Å². The van der Waals surface area contributed by atoms with Crippen LogP contribution >= 0.6 is 0 Å². The normalized spacial score (nSPS) is 20.8. The van der Waals surface area contributed by atoms with Gasteiger partial charge in [-0.25, -0.2) is 8.42 Å². The highest BCUT2D eigenvalue weighted by molar-refractivity contribution is 7.91. The van der Waals surface area contributed by atoms with E-state index < -0.39 is 9.84 Å². The smallest absolute Gasteiger partial charge is 0.178 e. The largest absolute Gasteiger partial charge is 0.300 e. The van der Waals surface area contributed by atoms with Crippen LogP contribution in [-0.2, 0) is 22.7 Å². The van der Waals surface area contributed by atoms with E-state index in [9.17, 15) is 8.42 Å². The van der Waals surface area contributed by atoms with Gasteiger partial charge in [0.15, 0.2) is 9.84 Å². The maximum Gasteiger partial charge on any atom is 0.178 e. The molecule has 2 aromatic rings. The molecular weight excluding hydrogens is 330 g/mol. The highest BCUT2D eigenvalue weighted by Gasteiger charge is 2.27. The molecule has 4 heteroatoms. The number of hydrogen-bond donors (Lipinski definition) is 0. The molecule has 0 spiro atoms. The molecule has 1 saturated heterocycles. The second-order valence-corrected chi connectivity index (χ2v) is 9.48. The summed E-state index contributed by atoms with van der Waals surface area (Å²) in [5.41, 5.74) is 5.21. The molecule has 1 aliphatic carbocycles. The molecule has 25 heavy (non-hydrogen) atoms. The minimum Gasteiger partial charge on any atom is -0.300 e. The third kappa shape index (κ3) is 3.25. The molecule has 1 unspecified atom stereocenters. The summed E-state index contributed by atoms with van der Waals surface area (Å²) >= 11 is 0. The molecule has 0 N–H and O–H groups in total. The molecule has 1 aliphatic heterocycles. The van der Waals surface area contributed by atoms with E-state index >= 15 is 0 Å². The number of fused-ring (bicyclic) bond motifs is 1. The molecule has 1 atom stereocenters. The molecule has 0 bridgehead atoms. The Morgan fingerprint density at radius 2 is 1.72 bits per heavy atom. The van der Waals surface area contributed by atoms with Crippen LogP contribution in [0.2, 0.25) is 0 Å². The summed E-state index contributed by atoms with van der Waals surface area (Å²) in [5, 5.41) is 0. The first-order chi connectivity index (χ1) is 12.1. The highest BCUT2D eigenvalue weighted by atomic mass is 32.2. The van der Waals surface area contributed by atoms with Crippen molar-refractivity contribution >= 4 is 9.84 Å². The maximum absolute atomic E-state index is 12.0. The van der Waals surface area contributed by atoms with Gasteiger partial charge in [-0.1, -0.05) is 37.3 Å². The molecular formula is C21H25NO2S. The fraction of sp³-hybridized carbons (Fsp3) is 0.429. The highest BCUT2D eigenvalue weighted by Crippen LogP contribution is 2.31. The van der Waals surface area contributed by atoms with E-state index in [-0.39, 0.29) is 5.75 Å². The van der Waals surface area contributed by atoms with E-state index in [2.05, 4.69) is 23.1 Å². The average Bonchev–Trinajstić information content (AvgIpc) is 2.60. The lowest BCUT2D eigenvalue weighted by molar-refractivity contribution is 0.107. The van der Waals surface area contributed by atoms with Crippen molar-refractivity contribution in [1.82, 2.24) is 4.90 Å². The second-order valence-electron chi connectivity index (χ2n) is 7.20. The first-order valence-electron chi connectivity index (χ1n) is 9.26. The van der Waals surface area contributed by atoms with Crippen LogP contribution in [0.25, 0.3) is 11.1 Å². The predicted octanol–water partition coefficient (Wildman–Crippen LogP) is 3.71. The zero-order valence-electron chi connectivity index (χ0n) is 14.7. The van der Waals surface area contributed by atoms with Crippen LogP contribution < -0.4 is 0 Å². The van der Waals surface area contributed by atoms with Crippen molar-refractivity contribution in [2.24, 2.45) is 0 Å². The van der Waals surface area contributed by atoms with E-state index in [4.69, 9.17) is 0 Å². The predicted molar refractivity (Wildman–Crippen MR) is 102 cm³/mol. The van der Waals surface area contributed by atoms with Crippen LogP contribution in [0, 0.1) is 0 Å². The van der Waals surface area contributed by atoms with Crippen LogP contribution in [0.15, 0.2) is 47.4 Å². The van der Waals surface area contributed by atoms with Crippen molar-refractivity contribution in [2.45, 2.75) is 43.5 Å². The molecule has 1 fully saturated rings. The van der Waals surface area contributed by atoms with E-state index in [1.807, 2.05) is 12.1 Å². The van der Waals surface area contributed by atoms with Crippen molar-refractivity contribution < 1.29 is 8.42 Å². The zero-order valence-corrected chi connectivity index (χ0v) is 15.6. The molecule has 0 amide bonds. The fourth-order valence-corrected chi connectivity index (χ4v) is 4.84. The monoisotopic (exact) mass is 355 g/mol. The summed E-state index contributed by atoms with van der Waals surface area (Å²) in [6, 6.07) is 14.8. The van der Waals surface area contributed by atoms with Crippen LogP contribution in [0.1, 0.15) is 30.9 Å². The molecule has 4 rings (SSSR count). The minimum absolute atomic E-state index is 0.142. The number of rotatable bonds is 4. The van der Waals surface area contributed by atoms with Crippen molar-refractivity contribution in [2.75, 3.05) is 18.8 Å².